The average molecular weight is 1510 g/mol. The number of hydrogen-bond donors (Lipinski definition) is 18. The van der Waals surface area contributed by atoms with Gasteiger partial charge in [0.15, 0.2) is 49.9 Å². The van der Waals surface area contributed by atoms with E-state index >= 15 is 4.79 Å². The molecule has 4 saturated carbocycles. The minimum Gasteiger partial charge on any atom is -0.479 e. The van der Waals surface area contributed by atoms with Crippen LogP contribution in [0, 0.1) is 50.2 Å². The number of aliphatic hydroxyl groups excluding tert-OH is 17. The van der Waals surface area contributed by atoms with Crippen molar-refractivity contribution >= 4 is 18.2 Å². The second kappa shape index (κ2) is 30.6. The summed E-state index contributed by atoms with van der Waals surface area (Å²) >= 11 is 0. The summed E-state index contributed by atoms with van der Waals surface area (Å²) in [5, 5.41) is 197. The Labute approximate surface area is 606 Å². The third-order valence-electron chi connectivity index (χ3n) is 26.8. The van der Waals surface area contributed by atoms with Crippen LogP contribution in [0.15, 0.2) is 11.6 Å². The van der Waals surface area contributed by atoms with Crippen LogP contribution < -0.4 is 0 Å². The van der Waals surface area contributed by atoms with Crippen molar-refractivity contribution in [3.8, 4) is 0 Å². The number of aliphatic hydroxyl groups is 17. The van der Waals surface area contributed by atoms with E-state index in [1.54, 1.807) is 6.92 Å². The zero-order valence-corrected chi connectivity index (χ0v) is 60.2. The number of carbonyl (C=O) groups is 3. The number of rotatable bonds is 17. The van der Waals surface area contributed by atoms with Crippen molar-refractivity contribution in [1.82, 2.24) is 0 Å². The van der Waals surface area contributed by atoms with Gasteiger partial charge in [0.05, 0.1) is 55.1 Å². The number of aliphatic carboxylic acids is 1. The van der Waals surface area contributed by atoms with Gasteiger partial charge in [-0.15, -0.1) is 0 Å². The predicted octanol–water partition coefficient (Wildman–Crippen LogP) is -4.93. The maximum atomic E-state index is 16.0. The van der Waals surface area contributed by atoms with E-state index in [2.05, 4.69) is 40.7 Å². The molecule has 12 rings (SSSR count). The Balaban J connectivity index is 0.824. The highest BCUT2D eigenvalue weighted by Crippen LogP contribution is 2.76. The Morgan fingerprint density at radius 2 is 0.990 bits per heavy atom. The fourth-order valence-electron chi connectivity index (χ4n) is 20.1. The standard InChI is InChI=1S/C70H110O35/c1-25-36(75)41(80)46(85)59(94-25)101-51-37(76)26(2)95-62(54(51)103-60-48(87)43(82)50(27(3)96-60)99-57-44(83)38(77)30(73)22-92-57)105-64(91)70-18-16-65(4,5)20-29(70)28-10-11-34-66(6)14-13-35(67(7,24-72)33(66)12-15-69(34,9)68(28,8)17-19-70)98-63-55(104-61-47(86)42(81)40(79)32(21-71)97-61)52(49(88)53(102-63)56(89)90)100-58-45(84)39(78)31(74)23-93-58/h10,24-27,29-55,57-63,71,73-88H,11-23H2,1-9H3,(H,89,90). The number of esters is 1. The number of ether oxygens (including phenoxy) is 14. The molecule has 0 spiro atoms. The van der Waals surface area contributed by atoms with Gasteiger partial charge in [-0.1, -0.05) is 53.2 Å². The van der Waals surface area contributed by atoms with Crippen molar-refractivity contribution in [2.24, 2.45) is 50.2 Å². The van der Waals surface area contributed by atoms with E-state index in [1.165, 1.54) is 20.8 Å². The molecule has 42 atom stereocenters. The molecule has 7 aliphatic heterocycles. The molecule has 18 N–H and O–H groups in total. The molecule has 105 heavy (non-hydrogen) atoms. The molecule has 42 unspecified atom stereocenters. The molecular formula is C70H110O35. The van der Waals surface area contributed by atoms with Crippen LogP contribution in [-0.4, -0.2) is 339 Å². The molecule has 7 heterocycles. The molecule has 0 bridgehead atoms. The van der Waals surface area contributed by atoms with Gasteiger partial charge in [0.2, 0.25) is 6.29 Å². The fourth-order valence-corrected chi connectivity index (χ4v) is 20.1. The summed E-state index contributed by atoms with van der Waals surface area (Å²) in [4.78, 5) is 43.4. The monoisotopic (exact) mass is 1510 g/mol. The normalized spacial score (nSPS) is 55.1. The maximum absolute atomic E-state index is 16.0. The van der Waals surface area contributed by atoms with E-state index in [-0.39, 0.29) is 17.8 Å². The summed E-state index contributed by atoms with van der Waals surface area (Å²) in [5.74, 6) is -3.45. The number of hydrogen-bond acceptors (Lipinski definition) is 34. The lowest BCUT2D eigenvalue weighted by molar-refractivity contribution is -0.391. The Morgan fingerprint density at radius 1 is 0.486 bits per heavy atom. The van der Waals surface area contributed by atoms with E-state index in [4.69, 9.17) is 66.3 Å². The number of carbonyl (C=O) groups excluding carboxylic acids is 2. The Hall–Kier alpha value is -2.85. The van der Waals surface area contributed by atoms with Gasteiger partial charge in [0.25, 0.3) is 0 Å². The van der Waals surface area contributed by atoms with Crippen molar-refractivity contribution in [2.45, 2.75) is 335 Å². The largest absolute Gasteiger partial charge is 0.479 e. The van der Waals surface area contributed by atoms with Gasteiger partial charge in [-0.3, -0.25) is 4.79 Å². The van der Waals surface area contributed by atoms with E-state index in [0.717, 1.165) is 11.9 Å². The molecule has 0 aromatic rings. The summed E-state index contributed by atoms with van der Waals surface area (Å²) in [6.07, 6.45) is -52.2. The smallest absolute Gasteiger partial charge is 0.335 e. The fraction of sp³-hybridized carbons (Fsp3) is 0.929. The minimum atomic E-state index is -2.21. The molecule has 5 aliphatic carbocycles. The van der Waals surface area contributed by atoms with Gasteiger partial charge in [-0.05, 0) is 124 Å². The van der Waals surface area contributed by atoms with Gasteiger partial charge >= 0.3 is 11.9 Å². The molecule has 12 aliphatic rings. The van der Waals surface area contributed by atoms with Crippen LogP contribution >= 0.6 is 0 Å². The number of fused-ring (bicyclic) bond motifs is 7. The van der Waals surface area contributed by atoms with Crippen LogP contribution in [0.3, 0.4) is 0 Å². The van der Waals surface area contributed by atoms with Gasteiger partial charge < -0.3 is 163 Å². The first kappa shape index (κ1) is 81.6. The maximum Gasteiger partial charge on any atom is 0.335 e. The highest BCUT2D eigenvalue weighted by molar-refractivity contribution is 5.79. The summed E-state index contributed by atoms with van der Waals surface area (Å²) < 4.78 is 85.4. The average Bonchev–Trinajstić information content (AvgIpc) is 0.674. The zero-order chi connectivity index (χ0) is 76.6. The van der Waals surface area contributed by atoms with E-state index in [0.29, 0.717) is 57.8 Å². The second-order valence-corrected chi connectivity index (χ2v) is 33.5. The SMILES string of the molecule is CC1OC(OC2C(O)C(C)OC(OC(=O)C34CCC(C)(C)CC3C3=CCC5C6(C)CCC(OC7OC(C(=O)O)C(O)C(OC8OCC(O)C(O)C8O)C7OC7OC(CO)C(O)C(O)C7O)C(C)(C=O)C6CCC5(C)C3(C)CC4)C2OC2OC(C)C(OC3OCC(O)C(O)C3O)C(O)C2O)C(O)C(O)C1O. The highest BCUT2D eigenvalue weighted by atomic mass is 16.8. The van der Waals surface area contributed by atoms with Crippen LogP contribution in [0.1, 0.15) is 127 Å². The quantitative estimate of drug-likeness (QED) is 0.0281. The third kappa shape index (κ3) is 14.1. The van der Waals surface area contributed by atoms with Crippen LogP contribution in [0.5, 0.6) is 0 Å². The third-order valence-corrected chi connectivity index (χ3v) is 26.8. The van der Waals surface area contributed by atoms with Crippen molar-refractivity contribution in [2.75, 3.05) is 19.8 Å². The summed E-state index contributed by atoms with van der Waals surface area (Å²) in [6, 6.07) is 0. The molecular weight excluding hydrogens is 1400 g/mol. The van der Waals surface area contributed by atoms with Gasteiger partial charge in [0.1, 0.15) is 134 Å². The van der Waals surface area contributed by atoms with Gasteiger partial charge in [-0.25, -0.2) is 4.79 Å². The topological polar surface area (TPSA) is 545 Å². The van der Waals surface area contributed by atoms with Crippen molar-refractivity contribution in [3.05, 3.63) is 11.6 Å². The lowest BCUT2D eigenvalue weighted by Crippen LogP contribution is -2.69. The van der Waals surface area contributed by atoms with Crippen LogP contribution in [-0.2, 0) is 80.7 Å². The zero-order valence-electron chi connectivity index (χ0n) is 60.2. The highest BCUT2D eigenvalue weighted by Gasteiger charge is 2.72. The van der Waals surface area contributed by atoms with Crippen molar-refractivity contribution in [1.29, 1.82) is 0 Å². The molecule has 0 radical (unpaired) electrons. The van der Waals surface area contributed by atoms with E-state index < -0.39 is 280 Å². The number of allylic oxidation sites excluding steroid dienone is 2. The lowest BCUT2D eigenvalue weighted by Gasteiger charge is -2.71. The first-order valence-corrected chi connectivity index (χ1v) is 36.8. The summed E-state index contributed by atoms with van der Waals surface area (Å²) in [6.45, 7) is 15.1. The Bertz CT molecular complexity index is 3080. The molecule has 0 aromatic heterocycles. The Kier molecular flexibility index (Phi) is 23.8. The van der Waals surface area contributed by atoms with Gasteiger partial charge in [-0.2, -0.15) is 0 Å². The molecule has 35 nitrogen and oxygen atoms in total. The summed E-state index contributed by atoms with van der Waals surface area (Å²) in [7, 11) is 0. The van der Waals surface area contributed by atoms with E-state index in [9.17, 15) is 102 Å². The van der Waals surface area contributed by atoms with Crippen LogP contribution in [0.25, 0.3) is 0 Å². The molecule has 35 heteroatoms. The number of carboxylic acid groups (broad SMARTS) is 1. The van der Waals surface area contributed by atoms with Gasteiger partial charge in [0, 0.05) is 0 Å². The van der Waals surface area contributed by atoms with Crippen molar-refractivity contribution < 1.29 is 173 Å². The minimum absolute atomic E-state index is 0.131. The molecule has 7 saturated heterocycles. The van der Waals surface area contributed by atoms with E-state index in [1.807, 2.05) is 0 Å². The molecule has 11 fully saturated rings. The second-order valence-electron chi connectivity index (χ2n) is 33.5. The molecule has 0 amide bonds. The number of carboxylic acids is 1. The van der Waals surface area contributed by atoms with Crippen LogP contribution in [0.2, 0.25) is 0 Å². The first-order chi connectivity index (χ1) is 49.2. The molecule has 600 valence electrons. The lowest BCUT2D eigenvalue weighted by atomic mass is 9.33. The van der Waals surface area contributed by atoms with Crippen LogP contribution in [0.4, 0.5) is 0 Å². The predicted molar refractivity (Wildman–Crippen MR) is 345 cm³/mol. The summed E-state index contributed by atoms with van der Waals surface area (Å²) in [5.41, 5.74) is -3.68. The molecule has 0 aromatic carbocycles. The Morgan fingerprint density at radius 3 is 1.59 bits per heavy atom. The number of aldehydes is 1. The first-order valence-electron chi connectivity index (χ1n) is 36.8. The van der Waals surface area contributed by atoms with Crippen molar-refractivity contribution in [3.63, 3.8) is 0 Å².